The minimum absolute atomic E-state index is 0.373. The van der Waals surface area contributed by atoms with Crippen molar-refractivity contribution in [2.45, 2.75) is 141 Å². The molecule has 14 unspecified atom stereocenters. The van der Waals surface area contributed by atoms with E-state index in [2.05, 4.69) is 53.8 Å². The van der Waals surface area contributed by atoms with Gasteiger partial charge >= 0.3 is 0 Å². The standard InChI is InChI=1S/C44H67N3/c1-30(19-20-32(28-46-35-12-3-2-4-13-35)34-26-44(47-29-34)33-23-24-45-27-33)36-21-22-42(40-17-9-7-15-38(36)40)43-25-31-11-5-6-14-37(31)39-16-8-10-18-41(39)43/h3,5,11-12,23-24,29-32,34-44,46H,2,4,6-10,13-22,25-28H2,1H3. The molecule has 0 saturated heterocycles. The van der Waals surface area contributed by atoms with Gasteiger partial charge in [0.1, 0.15) is 0 Å². The third-order valence-electron chi connectivity index (χ3n) is 15.8. The Hall–Kier alpha value is -1.48. The van der Waals surface area contributed by atoms with Gasteiger partial charge in [0.15, 0.2) is 0 Å². The predicted octanol–water partition coefficient (Wildman–Crippen LogP) is 10.4. The van der Waals surface area contributed by atoms with Crippen LogP contribution in [-0.2, 0) is 0 Å². The highest BCUT2D eigenvalue weighted by molar-refractivity contribution is 5.76. The van der Waals surface area contributed by atoms with Crippen molar-refractivity contribution in [1.82, 2.24) is 5.32 Å². The van der Waals surface area contributed by atoms with Crippen molar-refractivity contribution in [1.29, 1.82) is 0 Å². The van der Waals surface area contributed by atoms with E-state index in [1.165, 1.54) is 95.5 Å². The van der Waals surface area contributed by atoms with Crippen LogP contribution in [0.1, 0.15) is 129 Å². The zero-order valence-corrected chi connectivity index (χ0v) is 29.9. The first-order chi connectivity index (χ1) is 23.2. The number of nitrogens with one attached hydrogen (secondary N) is 1. The van der Waals surface area contributed by atoms with E-state index in [4.69, 9.17) is 4.99 Å². The van der Waals surface area contributed by atoms with Gasteiger partial charge in [-0.2, -0.15) is 0 Å². The number of fused-ring (bicyclic) bond motifs is 4. The van der Waals surface area contributed by atoms with E-state index in [0.29, 0.717) is 23.9 Å². The highest BCUT2D eigenvalue weighted by atomic mass is 14.9. The van der Waals surface area contributed by atoms with Crippen molar-refractivity contribution < 1.29 is 0 Å². The molecular formula is C44H67N3. The molecule has 6 aliphatic carbocycles. The molecule has 2 aliphatic heterocycles. The van der Waals surface area contributed by atoms with E-state index in [1.54, 1.807) is 32.1 Å². The summed E-state index contributed by atoms with van der Waals surface area (Å²) >= 11 is 0. The zero-order valence-electron chi connectivity index (χ0n) is 29.9. The molecule has 2 heterocycles. The van der Waals surface area contributed by atoms with E-state index in [1.807, 2.05) is 6.21 Å². The fraction of sp³-hybridized carbons (Fsp3) is 0.818. The maximum Gasteiger partial charge on any atom is 0.0733 e. The monoisotopic (exact) mass is 638 g/mol. The van der Waals surface area contributed by atoms with Gasteiger partial charge in [0.25, 0.3) is 0 Å². The van der Waals surface area contributed by atoms with E-state index in [0.717, 1.165) is 72.3 Å². The molecule has 1 N–H and O–H groups in total. The summed E-state index contributed by atoms with van der Waals surface area (Å²) in [5.41, 5.74) is 1.44. The molecule has 0 aromatic rings. The molecule has 0 aromatic carbocycles. The lowest BCUT2D eigenvalue weighted by Crippen LogP contribution is -2.49. The van der Waals surface area contributed by atoms with Crippen molar-refractivity contribution in [2.24, 2.45) is 81.0 Å². The average Bonchev–Trinajstić information content (AvgIpc) is 3.85. The summed E-state index contributed by atoms with van der Waals surface area (Å²) in [5, 5.41) is 4.02. The van der Waals surface area contributed by atoms with E-state index in [9.17, 15) is 0 Å². The molecule has 4 fully saturated rings. The number of rotatable bonds is 10. The van der Waals surface area contributed by atoms with E-state index < -0.39 is 0 Å². The van der Waals surface area contributed by atoms with Crippen molar-refractivity contribution in [3.8, 4) is 0 Å². The smallest absolute Gasteiger partial charge is 0.0733 e. The molecule has 0 radical (unpaired) electrons. The van der Waals surface area contributed by atoms with Crippen LogP contribution in [0.3, 0.4) is 0 Å². The van der Waals surface area contributed by atoms with Crippen LogP contribution in [0.4, 0.5) is 0 Å². The fourth-order valence-corrected chi connectivity index (χ4v) is 13.4. The highest BCUT2D eigenvalue weighted by Crippen LogP contribution is 2.60. The van der Waals surface area contributed by atoms with Gasteiger partial charge in [-0.25, -0.2) is 0 Å². The molecule has 8 aliphatic rings. The normalized spacial score (nSPS) is 44.0. The van der Waals surface area contributed by atoms with Crippen LogP contribution in [0.5, 0.6) is 0 Å². The largest absolute Gasteiger partial charge is 0.310 e. The summed E-state index contributed by atoms with van der Waals surface area (Å²) in [6.07, 6.45) is 44.4. The lowest BCUT2D eigenvalue weighted by molar-refractivity contribution is -0.0697. The summed E-state index contributed by atoms with van der Waals surface area (Å²) in [6.45, 7) is 4.71. The van der Waals surface area contributed by atoms with Gasteiger partial charge in [-0.3, -0.25) is 9.98 Å². The van der Waals surface area contributed by atoms with Crippen LogP contribution in [-0.4, -0.2) is 37.6 Å². The summed E-state index contributed by atoms with van der Waals surface area (Å²) < 4.78 is 0. The molecule has 3 heteroatoms. The molecule has 47 heavy (non-hydrogen) atoms. The zero-order chi connectivity index (χ0) is 31.6. The number of hydrogen-bond acceptors (Lipinski definition) is 3. The first-order valence-electron chi connectivity index (χ1n) is 21.0. The topological polar surface area (TPSA) is 36.8 Å². The highest BCUT2D eigenvalue weighted by Gasteiger charge is 2.51. The Morgan fingerprint density at radius 1 is 0.723 bits per heavy atom. The average molecular weight is 638 g/mol. The van der Waals surface area contributed by atoms with Gasteiger partial charge in [0.2, 0.25) is 0 Å². The maximum atomic E-state index is 5.07. The third kappa shape index (κ3) is 7.09. The van der Waals surface area contributed by atoms with Gasteiger partial charge in [-0.1, -0.05) is 63.3 Å². The molecule has 0 spiro atoms. The van der Waals surface area contributed by atoms with Crippen molar-refractivity contribution in [3.05, 3.63) is 36.0 Å². The van der Waals surface area contributed by atoms with Crippen molar-refractivity contribution in [2.75, 3.05) is 13.1 Å². The second kappa shape index (κ2) is 15.2. The summed E-state index contributed by atoms with van der Waals surface area (Å²) in [6, 6.07) is 0.947. The summed E-state index contributed by atoms with van der Waals surface area (Å²) in [7, 11) is 0. The Labute approximate surface area is 288 Å². The Balaban J connectivity index is 0.931. The lowest BCUT2D eigenvalue weighted by atomic mass is 9.48. The first-order valence-corrected chi connectivity index (χ1v) is 21.0. The third-order valence-corrected chi connectivity index (χ3v) is 15.8. The SMILES string of the molecule is CC(CCC(CNC1C=CCCC1)C1C=NC(C2=CC=NC2)C1)C1CCC(C2CC3C=CCCC3C3CCCCC32)C2CCCCC12. The maximum absolute atomic E-state index is 5.07. The van der Waals surface area contributed by atoms with Crippen LogP contribution in [0.15, 0.2) is 45.9 Å². The van der Waals surface area contributed by atoms with Crippen LogP contribution >= 0.6 is 0 Å². The Kier molecular flexibility index (Phi) is 10.6. The van der Waals surface area contributed by atoms with Crippen LogP contribution in [0.25, 0.3) is 0 Å². The molecule has 0 bridgehead atoms. The molecular weight excluding hydrogens is 571 g/mol. The number of allylic oxidation sites excluding steroid dienone is 4. The number of aliphatic imine (C=N–C) groups is 2. The van der Waals surface area contributed by atoms with Gasteiger partial charge < -0.3 is 5.32 Å². The Bertz CT molecular complexity index is 1190. The molecule has 14 atom stereocenters. The van der Waals surface area contributed by atoms with Crippen LogP contribution in [0.2, 0.25) is 0 Å². The summed E-state index contributed by atoms with van der Waals surface area (Å²) in [5.74, 6) is 11.3. The van der Waals surface area contributed by atoms with Gasteiger partial charge in [-0.15, -0.1) is 0 Å². The molecule has 258 valence electrons. The van der Waals surface area contributed by atoms with E-state index in [-0.39, 0.29) is 0 Å². The minimum atomic E-state index is 0.373. The second-order valence-electron chi connectivity index (χ2n) is 18.0. The lowest BCUT2D eigenvalue weighted by Gasteiger charge is -2.57. The van der Waals surface area contributed by atoms with Crippen LogP contribution in [0, 0.1) is 71.0 Å². The first kappa shape index (κ1) is 32.7. The van der Waals surface area contributed by atoms with Crippen molar-refractivity contribution >= 4 is 12.4 Å². The van der Waals surface area contributed by atoms with Gasteiger partial charge in [0.05, 0.1) is 12.6 Å². The van der Waals surface area contributed by atoms with Gasteiger partial charge in [0, 0.05) is 24.4 Å². The molecule has 4 saturated carbocycles. The van der Waals surface area contributed by atoms with E-state index >= 15 is 0 Å². The number of nitrogens with zero attached hydrogens (tertiary/aromatic N) is 2. The number of hydrogen-bond donors (Lipinski definition) is 1. The predicted molar refractivity (Wildman–Crippen MR) is 199 cm³/mol. The Morgan fingerprint density at radius 3 is 2.28 bits per heavy atom. The van der Waals surface area contributed by atoms with Gasteiger partial charge in [-0.05, 0) is 173 Å². The quantitative estimate of drug-likeness (QED) is 0.238. The summed E-state index contributed by atoms with van der Waals surface area (Å²) in [4.78, 5) is 9.55. The molecule has 8 rings (SSSR count). The second-order valence-corrected chi connectivity index (χ2v) is 18.0. The Morgan fingerprint density at radius 2 is 1.49 bits per heavy atom. The molecule has 3 nitrogen and oxygen atoms in total. The minimum Gasteiger partial charge on any atom is -0.310 e. The van der Waals surface area contributed by atoms with Crippen LogP contribution < -0.4 is 5.32 Å². The molecule has 0 amide bonds. The molecule has 0 aromatic heterocycles. The van der Waals surface area contributed by atoms with Crippen molar-refractivity contribution in [3.63, 3.8) is 0 Å². The fourth-order valence-electron chi connectivity index (χ4n) is 13.4.